The highest BCUT2D eigenvalue weighted by Gasteiger charge is 2.08. The van der Waals surface area contributed by atoms with E-state index in [1.807, 2.05) is 0 Å². The maximum Gasteiger partial charge on any atom is 0.283 e. The largest absolute Gasteiger partial charge is 0.380 e. The minimum Gasteiger partial charge on any atom is -0.380 e. The van der Waals surface area contributed by atoms with Gasteiger partial charge in [0.1, 0.15) is 4.47 Å². The van der Waals surface area contributed by atoms with Crippen molar-refractivity contribution in [1.29, 1.82) is 0 Å². The molecule has 0 aliphatic carbocycles. The summed E-state index contributed by atoms with van der Waals surface area (Å²) in [6, 6.07) is 0. The summed E-state index contributed by atoms with van der Waals surface area (Å²) in [6.45, 7) is 9.17. The first kappa shape index (κ1) is 18.2. The molecule has 0 radical (unpaired) electrons. The second-order valence-corrected chi connectivity index (χ2v) is 6.27. The predicted molar refractivity (Wildman–Crippen MR) is 89.9 cm³/mol. The number of aryl methyl sites for hydroxylation is 1. The molecule has 0 aliphatic heterocycles. The van der Waals surface area contributed by atoms with Crippen LogP contribution in [0.15, 0.2) is 15.5 Å². The molecule has 1 N–H and O–H groups in total. The van der Waals surface area contributed by atoms with Crippen LogP contribution >= 0.6 is 15.9 Å². The first-order valence-corrected chi connectivity index (χ1v) is 8.42. The Bertz CT molecular complexity index is 474. The normalized spacial score (nSPS) is 11.1. The van der Waals surface area contributed by atoms with Crippen LogP contribution in [-0.2, 0) is 11.3 Å². The van der Waals surface area contributed by atoms with E-state index in [0.717, 1.165) is 31.6 Å². The molecule has 0 aliphatic rings. The zero-order valence-electron chi connectivity index (χ0n) is 13.2. The Labute approximate surface area is 135 Å². The maximum atomic E-state index is 12.1. The van der Waals surface area contributed by atoms with E-state index >= 15 is 0 Å². The molecule has 120 valence electrons. The van der Waals surface area contributed by atoms with Gasteiger partial charge in [-0.2, -0.15) is 5.10 Å². The molecule has 0 aromatic carbocycles. The van der Waals surface area contributed by atoms with Gasteiger partial charge in [0.2, 0.25) is 0 Å². The number of rotatable bonds is 10. The number of aromatic nitrogens is 2. The minimum atomic E-state index is -0.0887. The van der Waals surface area contributed by atoms with Crippen molar-refractivity contribution in [2.45, 2.75) is 46.6 Å². The van der Waals surface area contributed by atoms with Gasteiger partial charge in [0.05, 0.1) is 18.5 Å². The molecule has 0 amide bonds. The van der Waals surface area contributed by atoms with Crippen molar-refractivity contribution in [2.75, 3.05) is 25.1 Å². The molecule has 0 saturated heterocycles. The highest BCUT2D eigenvalue weighted by Crippen LogP contribution is 2.15. The fourth-order valence-corrected chi connectivity index (χ4v) is 2.18. The molecule has 0 unspecified atom stereocenters. The van der Waals surface area contributed by atoms with E-state index in [4.69, 9.17) is 4.74 Å². The van der Waals surface area contributed by atoms with Crippen LogP contribution in [0.25, 0.3) is 0 Å². The summed E-state index contributed by atoms with van der Waals surface area (Å²) in [6.07, 6.45) is 4.75. The fourth-order valence-electron chi connectivity index (χ4n) is 1.73. The highest BCUT2D eigenvalue weighted by atomic mass is 79.9. The van der Waals surface area contributed by atoms with Crippen LogP contribution in [0.4, 0.5) is 5.69 Å². The molecule has 0 fully saturated rings. The average Bonchev–Trinajstić information content (AvgIpc) is 2.45. The third kappa shape index (κ3) is 6.61. The summed E-state index contributed by atoms with van der Waals surface area (Å²) in [5.41, 5.74) is 0.634. The van der Waals surface area contributed by atoms with Gasteiger partial charge in [0.25, 0.3) is 5.56 Å². The Morgan fingerprint density at radius 1 is 1.43 bits per heavy atom. The van der Waals surface area contributed by atoms with Crippen LogP contribution < -0.4 is 10.9 Å². The maximum absolute atomic E-state index is 12.1. The number of hydrogen-bond acceptors (Lipinski definition) is 4. The third-order valence-corrected chi connectivity index (χ3v) is 3.88. The van der Waals surface area contributed by atoms with Crippen molar-refractivity contribution in [3.63, 3.8) is 0 Å². The monoisotopic (exact) mass is 359 g/mol. The molecule has 0 bridgehead atoms. The topological polar surface area (TPSA) is 56.1 Å². The zero-order chi connectivity index (χ0) is 15.7. The molecule has 0 spiro atoms. The number of halogens is 1. The van der Waals surface area contributed by atoms with Crippen LogP contribution in [0, 0.1) is 5.92 Å². The third-order valence-electron chi connectivity index (χ3n) is 3.11. The van der Waals surface area contributed by atoms with Crippen molar-refractivity contribution in [3.05, 3.63) is 21.0 Å². The molecule has 1 aromatic heterocycles. The summed E-state index contributed by atoms with van der Waals surface area (Å²) in [7, 11) is 0. The second kappa shape index (κ2) is 9.95. The quantitative estimate of drug-likeness (QED) is 0.651. The Kier molecular flexibility index (Phi) is 8.61. The Morgan fingerprint density at radius 3 is 2.86 bits per heavy atom. The molecule has 1 heterocycles. The van der Waals surface area contributed by atoms with Gasteiger partial charge < -0.3 is 10.1 Å². The van der Waals surface area contributed by atoms with Gasteiger partial charge >= 0.3 is 0 Å². The number of hydrogen-bond donors (Lipinski definition) is 1. The van der Waals surface area contributed by atoms with Crippen molar-refractivity contribution in [2.24, 2.45) is 5.92 Å². The second-order valence-electron chi connectivity index (χ2n) is 5.48. The van der Waals surface area contributed by atoms with Crippen LogP contribution in [0.5, 0.6) is 0 Å². The molecule has 5 nitrogen and oxygen atoms in total. The van der Waals surface area contributed by atoms with Gasteiger partial charge in [-0.05, 0) is 34.7 Å². The zero-order valence-corrected chi connectivity index (χ0v) is 14.8. The lowest BCUT2D eigenvalue weighted by Gasteiger charge is -2.11. The van der Waals surface area contributed by atoms with Gasteiger partial charge in [-0.15, -0.1) is 0 Å². The first-order chi connectivity index (χ1) is 10.1. The number of nitrogens with one attached hydrogen (secondary N) is 1. The van der Waals surface area contributed by atoms with Crippen molar-refractivity contribution in [3.8, 4) is 0 Å². The Morgan fingerprint density at radius 2 is 2.19 bits per heavy atom. The van der Waals surface area contributed by atoms with Crippen molar-refractivity contribution < 1.29 is 4.74 Å². The fraction of sp³-hybridized carbons (Fsp3) is 0.733. The lowest BCUT2D eigenvalue weighted by Crippen LogP contribution is -2.25. The predicted octanol–water partition coefficient (Wildman–Crippen LogP) is 3.28. The number of unbranched alkanes of at least 4 members (excludes halogenated alkanes) is 1. The van der Waals surface area contributed by atoms with E-state index in [9.17, 15) is 4.79 Å². The highest BCUT2D eigenvalue weighted by molar-refractivity contribution is 9.10. The molecule has 6 heteroatoms. The van der Waals surface area contributed by atoms with Crippen LogP contribution in [0.2, 0.25) is 0 Å². The standard InChI is InChI=1S/C15H26BrN3O2/c1-4-5-8-19-15(20)14(16)13(11-18-19)17-7-10-21-9-6-12(2)3/h11-12,17H,4-10H2,1-3H3. The summed E-state index contributed by atoms with van der Waals surface area (Å²) in [5, 5.41) is 7.36. The summed E-state index contributed by atoms with van der Waals surface area (Å²) >= 11 is 3.35. The van der Waals surface area contributed by atoms with E-state index in [0.29, 0.717) is 30.1 Å². The Balaban J connectivity index is 2.42. The van der Waals surface area contributed by atoms with E-state index in [2.05, 4.69) is 47.1 Å². The summed E-state index contributed by atoms with van der Waals surface area (Å²) < 4.78 is 7.57. The Hall–Kier alpha value is -0.880. The van der Waals surface area contributed by atoms with E-state index in [-0.39, 0.29) is 5.56 Å². The van der Waals surface area contributed by atoms with Gasteiger partial charge in [0, 0.05) is 19.7 Å². The molecular weight excluding hydrogens is 334 g/mol. The van der Waals surface area contributed by atoms with Gasteiger partial charge in [0.15, 0.2) is 0 Å². The molecular formula is C15H26BrN3O2. The van der Waals surface area contributed by atoms with Crippen molar-refractivity contribution in [1.82, 2.24) is 9.78 Å². The molecule has 1 aromatic rings. The van der Waals surface area contributed by atoms with Crippen LogP contribution in [0.3, 0.4) is 0 Å². The summed E-state index contributed by atoms with van der Waals surface area (Å²) in [4.78, 5) is 12.1. The SMILES string of the molecule is CCCCn1ncc(NCCOCCC(C)C)c(Br)c1=O. The average molecular weight is 360 g/mol. The van der Waals surface area contributed by atoms with Crippen LogP contribution in [-0.4, -0.2) is 29.5 Å². The van der Waals surface area contributed by atoms with Crippen molar-refractivity contribution >= 4 is 21.6 Å². The van der Waals surface area contributed by atoms with Gasteiger partial charge in [-0.3, -0.25) is 4.79 Å². The molecule has 1 rings (SSSR count). The molecule has 0 saturated carbocycles. The summed E-state index contributed by atoms with van der Waals surface area (Å²) in [5.74, 6) is 0.659. The van der Waals surface area contributed by atoms with Crippen LogP contribution in [0.1, 0.15) is 40.0 Å². The number of nitrogens with zero attached hydrogens (tertiary/aromatic N) is 2. The van der Waals surface area contributed by atoms with E-state index in [1.54, 1.807) is 6.20 Å². The van der Waals surface area contributed by atoms with E-state index in [1.165, 1.54) is 4.68 Å². The first-order valence-electron chi connectivity index (χ1n) is 7.63. The minimum absolute atomic E-state index is 0.0887. The van der Waals surface area contributed by atoms with E-state index < -0.39 is 0 Å². The lowest BCUT2D eigenvalue weighted by molar-refractivity contribution is 0.132. The molecule has 21 heavy (non-hydrogen) atoms. The number of anilines is 1. The number of ether oxygens (including phenoxy) is 1. The smallest absolute Gasteiger partial charge is 0.283 e. The lowest BCUT2D eigenvalue weighted by atomic mass is 10.1. The van der Waals surface area contributed by atoms with Gasteiger partial charge in [-0.1, -0.05) is 27.2 Å². The van der Waals surface area contributed by atoms with Gasteiger partial charge in [-0.25, -0.2) is 4.68 Å². The molecule has 0 atom stereocenters.